The molecular weight excluding hydrogens is 384 g/mol. The molecule has 0 radical (unpaired) electrons. The number of nitrogens with zero attached hydrogens (tertiary/aromatic N) is 1. The Labute approximate surface area is 125 Å². The minimum atomic E-state index is -1.47. The van der Waals surface area contributed by atoms with Gasteiger partial charge >= 0.3 is 0 Å². The number of aryl methyl sites for hydroxylation is 1. The predicted molar refractivity (Wildman–Crippen MR) is 74.8 cm³/mol. The lowest BCUT2D eigenvalue weighted by Crippen LogP contribution is -2.09. The highest BCUT2D eigenvalue weighted by Crippen LogP contribution is 2.32. The third kappa shape index (κ3) is 2.85. The molecule has 100 valence electrons. The van der Waals surface area contributed by atoms with E-state index in [-0.39, 0.29) is 11.3 Å². The summed E-state index contributed by atoms with van der Waals surface area (Å²) in [6.07, 6.45) is -0.0167. The molecule has 1 N–H and O–H groups in total. The molecule has 1 aromatic carbocycles. The van der Waals surface area contributed by atoms with Crippen LogP contribution in [0.25, 0.3) is 0 Å². The molecule has 2 aromatic rings. The number of pyridine rings is 1. The zero-order valence-corrected chi connectivity index (χ0v) is 13.0. The molecule has 6 heteroatoms. The van der Waals surface area contributed by atoms with Gasteiger partial charge in [-0.1, -0.05) is 6.07 Å². The van der Waals surface area contributed by atoms with Gasteiger partial charge in [-0.25, -0.2) is 8.78 Å². The van der Waals surface area contributed by atoms with E-state index >= 15 is 0 Å². The third-order valence-electron chi connectivity index (χ3n) is 2.69. The Morgan fingerprint density at radius 3 is 2.58 bits per heavy atom. The highest BCUT2D eigenvalue weighted by Gasteiger charge is 2.24. The van der Waals surface area contributed by atoms with Crippen LogP contribution in [0, 0.1) is 18.6 Å². The van der Waals surface area contributed by atoms with E-state index in [1.807, 2.05) is 0 Å². The van der Waals surface area contributed by atoms with Gasteiger partial charge in [-0.15, -0.1) is 0 Å². The van der Waals surface area contributed by atoms with Crippen LogP contribution in [0.5, 0.6) is 0 Å². The molecule has 0 fully saturated rings. The molecule has 0 spiro atoms. The highest BCUT2D eigenvalue weighted by atomic mass is 79.9. The van der Waals surface area contributed by atoms with E-state index in [0.29, 0.717) is 8.95 Å². The van der Waals surface area contributed by atoms with Crippen LogP contribution in [0.1, 0.15) is 22.9 Å². The lowest BCUT2D eigenvalue weighted by molar-refractivity contribution is 0.203. The van der Waals surface area contributed by atoms with Crippen LogP contribution in [0.4, 0.5) is 8.78 Å². The molecule has 0 saturated heterocycles. The maximum Gasteiger partial charge on any atom is 0.135 e. The number of rotatable bonds is 2. The zero-order valence-electron chi connectivity index (χ0n) is 9.79. The van der Waals surface area contributed by atoms with Crippen molar-refractivity contribution >= 4 is 31.9 Å². The molecule has 0 bridgehead atoms. The molecule has 0 aliphatic carbocycles. The van der Waals surface area contributed by atoms with Gasteiger partial charge in [0.2, 0.25) is 0 Å². The van der Waals surface area contributed by atoms with Crippen molar-refractivity contribution in [3.05, 3.63) is 61.8 Å². The minimum absolute atomic E-state index is 0.159. The average Bonchev–Trinajstić information content (AvgIpc) is 2.34. The first-order valence-corrected chi connectivity index (χ1v) is 6.94. The third-order valence-corrected chi connectivity index (χ3v) is 3.76. The van der Waals surface area contributed by atoms with Crippen LogP contribution in [0.3, 0.4) is 0 Å². The van der Waals surface area contributed by atoms with E-state index < -0.39 is 23.3 Å². The molecule has 1 unspecified atom stereocenters. The van der Waals surface area contributed by atoms with Crippen molar-refractivity contribution in [2.24, 2.45) is 0 Å². The predicted octanol–water partition coefficient (Wildman–Crippen LogP) is 4.27. The van der Waals surface area contributed by atoms with Crippen LogP contribution in [0.2, 0.25) is 0 Å². The zero-order chi connectivity index (χ0) is 14.2. The molecule has 19 heavy (non-hydrogen) atoms. The number of aromatic nitrogens is 1. The molecule has 1 heterocycles. The Balaban J connectivity index is 2.56. The minimum Gasteiger partial charge on any atom is -0.382 e. The Hall–Kier alpha value is -0.850. The van der Waals surface area contributed by atoms with Crippen molar-refractivity contribution in [1.29, 1.82) is 0 Å². The van der Waals surface area contributed by atoms with Gasteiger partial charge in [-0.2, -0.15) is 0 Å². The Bertz CT molecular complexity index is 634. The molecule has 0 aliphatic heterocycles. The van der Waals surface area contributed by atoms with E-state index in [0.717, 1.165) is 6.07 Å². The standard InChI is InChI=1S/C13H9Br2F2NO/c1-6-2-3-9(16)10(11(6)17)13(19)12-8(15)4-7(14)5-18-12/h2-5,13,19H,1H3. The summed E-state index contributed by atoms with van der Waals surface area (Å²) in [4.78, 5) is 3.99. The van der Waals surface area contributed by atoms with E-state index in [4.69, 9.17) is 0 Å². The van der Waals surface area contributed by atoms with Gasteiger partial charge in [-0.05, 0) is 56.5 Å². The van der Waals surface area contributed by atoms with E-state index in [1.165, 1.54) is 19.2 Å². The first kappa shape index (κ1) is 14.6. The summed E-state index contributed by atoms with van der Waals surface area (Å²) in [5.41, 5.74) is 0.0332. The van der Waals surface area contributed by atoms with Crippen LogP contribution in [-0.4, -0.2) is 10.1 Å². The lowest BCUT2D eigenvalue weighted by Gasteiger charge is -2.15. The lowest BCUT2D eigenvalue weighted by atomic mass is 10.0. The topological polar surface area (TPSA) is 33.1 Å². The Morgan fingerprint density at radius 2 is 1.95 bits per heavy atom. The van der Waals surface area contributed by atoms with Crippen molar-refractivity contribution in [2.45, 2.75) is 13.0 Å². The monoisotopic (exact) mass is 391 g/mol. The quantitative estimate of drug-likeness (QED) is 0.827. The number of benzene rings is 1. The molecule has 2 rings (SSSR count). The number of aliphatic hydroxyl groups is 1. The van der Waals surface area contributed by atoms with Crippen LogP contribution in [0.15, 0.2) is 33.3 Å². The summed E-state index contributed by atoms with van der Waals surface area (Å²) in [5, 5.41) is 10.2. The highest BCUT2D eigenvalue weighted by molar-refractivity contribution is 9.11. The van der Waals surface area contributed by atoms with Gasteiger partial charge in [0, 0.05) is 15.1 Å². The van der Waals surface area contributed by atoms with Crippen LogP contribution < -0.4 is 0 Å². The van der Waals surface area contributed by atoms with Crippen molar-refractivity contribution < 1.29 is 13.9 Å². The fourth-order valence-electron chi connectivity index (χ4n) is 1.69. The van der Waals surface area contributed by atoms with Crippen molar-refractivity contribution in [2.75, 3.05) is 0 Å². The van der Waals surface area contributed by atoms with Crippen molar-refractivity contribution in [3.8, 4) is 0 Å². The number of hydrogen-bond acceptors (Lipinski definition) is 2. The molecule has 0 aliphatic rings. The van der Waals surface area contributed by atoms with Gasteiger partial charge in [0.1, 0.15) is 17.7 Å². The summed E-state index contributed by atoms with van der Waals surface area (Å²) >= 11 is 6.44. The Morgan fingerprint density at radius 1 is 1.26 bits per heavy atom. The molecular formula is C13H9Br2F2NO. The second kappa shape index (κ2) is 5.64. The molecule has 1 atom stereocenters. The smallest absolute Gasteiger partial charge is 0.135 e. The maximum absolute atomic E-state index is 14.0. The molecule has 0 amide bonds. The average molecular weight is 393 g/mol. The fourth-order valence-corrected chi connectivity index (χ4v) is 2.90. The summed E-state index contributed by atoms with van der Waals surface area (Å²) in [6, 6.07) is 4.10. The fraction of sp³-hybridized carbons (Fsp3) is 0.154. The van der Waals surface area contributed by atoms with Gasteiger partial charge in [-0.3, -0.25) is 4.98 Å². The second-order valence-corrected chi connectivity index (χ2v) is 5.79. The first-order valence-electron chi connectivity index (χ1n) is 5.35. The number of hydrogen-bond donors (Lipinski definition) is 1. The second-order valence-electron chi connectivity index (χ2n) is 4.02. The van der Waals surface area contributed by atoms with E-state index in [2.05, 4.69) is 36.8 Å². The summed E-state index contributed by atoms with van der Waals surface area (Å²) in [6.45, 7) is 1.51. The molecule has 0 saturated carbocycles. The SMILES string of the molecule is Cc1ccc(F)c(C(O)c2ncc(Br)cc2Br)c1F. The summed E-state index contributed by atoms with van der Waals surface area (Å²) in [5.74, 6) is -1.56. The summed E-state index contributed by atoms with van der Waals surface area (Å²) in [7, 11) is 0. The number of halogens is 4. The van der Waals surface area contributed by atoms with E-state index in [9.17, 15) is 13.9 Å². The molecule has 2 nitrogen and oxygen atoms in total. The van der Waals surface area contributed by atoms with Crippen LogP contribution >= 0.6 is 31.9 Å². The number of aliphatic hydroxyl groups excluding tert-OH is 1. The Kier molecular flexibility index (Phi) is 4.32. The maximum atomic E-state index is 14.0. The van der Waals surface area contributed by atoms with Crippen molar-refractivity contribution in [3.63, 3.8) is 0 Å². The summed E-state index contributed by atoms with van der Waals surface area (Å²) < 4.78 is 28.8. The van der Waals surface area contributed by atoms with Gasteiger partial charge in [0.15, 0.2) is 0 Å². The normalized spacial score (nSPS) is 12.5. The van der Waals surface area contributed by atoms with Crippen LogP contribution in [-0.2, 0) is 0 Å². The largest absolute Gasteiger partial charge is 0.382 e. The first-order chi connectivity index (χ1) is 8.91. The van der Waals surface area contributed by atoms with Gasteiger partial charge in [0.25, 0.3) is 0 Å². The van der Waals surface area contributed by atoms with E-state index in [1.54, 1.807) is 6.07 Å². The molecule has 1 aromatic heterocycles. The van der Waals surface area contributed by atoms with Crippen molar-refractivity contribution in [1.82, 2.24) is 4.98 Å². The van der Waals surface area contributed by atoms with Gasteiger partial charge in [0.05, 0.1) is 11.3 Å². The van der Waals surface area contributed by atoms with Gasteiger partial charge < -0.3 is 5.11 Å².